The highest BCUT2D eigenvalue weighted by Crippen LogP contribution is 2.29. The Hall–Kier alpha value is -2.38. The van der Waals surface area contributed by atoms with Gasteiger partial charge in [-0.25, -0.2) is 4.79 Å². The van der Waals surface area contributed by atoms with Gasteiger partial charge in [0.25, 0.3) is 0 Å². The SMILES string of the molecule is Cc1noc(C)c1C(C)(C)C(=O)NCCc1noc(=O)[nH]1. The monoisotopic (exact) mass is 294 g/mol. The summed E-state index contributed by atoms with van der Waals surface area (Å²) >= 11 is 0. The standard InChI is InChI=1S/C13H18N4O4/c1-7-10(8(2)20-16-7)13(3,4)11(18)14-6-5-9-15-12(19)21-17-9/h5-6H2,1-4H3,(H,14,18)(H,15,17,19). The first-order valence-corrected chi connectivity index (χ1v) is 6.59. The van der Waals surface area contributed by atoms with Gasteiger partial charge in [-0.1, -0.05) is 10.3 Å². The molecule has 21 heavy (non-hydrogen) atoms. The summed E-state index contributed by atoms with van der Waals surface area (Å²) in [5.74, 6) is 0.277. The Bertz CT molecular complexity index is 676. The van der Waals surface area contributed by atoms with Crippen molar-refractivity contribution in [3.63, 3.8) is 0 Å². The smallest absolute Gasteiger partial charge is 0.361 e. The Morgan fingerprint density at radius 3 is 2.52 bits per heavy atom. The lowest BCUT2D eigenvalue weighted by molar-refractivity contribution is -0.125. The lowest BCUT2D eigenvalue weighted by atomic mass is 9.82. The van der Waals surface area contributed by atoms with Crippen molar-refractivity contribution >= 4 is 5.91 Å². The number of nitrogens with one attached hydrogen (secondary N) is 2. The summed E-state index contributed by atoms with van der Waals surface area (Å²) in [7, 11) is 0. The van der Waals surface area contributed by atoms with Gasteiger partial charge in [0.15, 0.2) is 5.82 Å². The van der Waals surface area contributed by atoms with Crippen LogP contribution in [0.2, 0.25) is 0 Å². The molecule has 114 valence electrons. The third-order valence-electron chi connectivity index (χ3n) is 3.36. The molecule has 0 fully saturated rings. The molecule has 2 heterocycles. The second-order valence-corrected chi connectivity index (χ2v) is 5.37. The maximum atomic E-state index is 12.4. The molecular weight excluding hydrogens is 276 g/mol. The van der Waals surface area contributed by atoms with E-state index in [1.807, 2.05) is 13.8 Å². The molecule has 2 aromatic rings. The van der Waals surface area contributed by atoms with E-state index in [1.165, 1.54) is 0 Å². The molecule has 0 atom stereocenters. The molecule has 1 amide bonds. The molecule has 0 unspecified atom stereocenters. The van der Waals surface area contributed by atoms with Gasteiger partial charge < -0.3 is 9.84 Å². The fraction of sp³-hybridized carbons (Fsp3) is 0.538. The molecule has 0 spiro atoms. The number of aromatic nitrogens is 3. The Morgan fingerprint density at radius 1 is 1.29 bits per heavy atom. The Labute approximate surface area is 120 Å². The number of nitrogens with zero attached hydrogens (tertiary/aromatic N) is 2. The predicted octanol–water partition coefficient (Wildman–Crippen LogP) is 0.604. The molecule has 0 saturated heterocycles. The third kappa shape index (κ3) is 3.04. The number of amides is 1. The number of aromatic amines is 1. The van der Waals surface area contributed by atoms with Crippen molar-refractivity contribution < 1.29 is 13.8 Å². The van der Waals surface area contributed by atoms with E-state index < -0.39 is 11.2 Å². The zero-order valence-electron chi connectivity index (χ0n) is 12.4. The zero-order valence-corrected chi connectivity index (χ0v) is 12.4. The van der Waals surface area contributed by atoms with E-state index in [0.717, 1.165) is 5.56 Å². The molecule has 2 N–H and O–H groups in total. The van der Waals surface area contributed by atoms with Crippen LogP contribution in [0.5, 0.6) is 0 Å². The average molecular weight is 294 g/mol. The minimum Gasteiger partial charge on any atom is -0.361 e. The van der Waals surface area contributed by atoms with Crippen LogP contribution in [0.4, 0.5) is 0 Å². The van der Waals surface area contributed by atoms with Gasteiger partial charge in [-0.05, 0) is 27.7 Å². The fourth-order valence-corrected chi connectivity index (χ4v) is 2.37. The number of hydrogen-bond acceptors (Lipinski definition) is 6. The number of carbonyl (C=O) groups excluding carboxylic acids is 1. The molecule has 2 rings (SSSR count). The van der Waals surface area contributed by atoms with E-state index in [0.29, 0.717) is 30.2 Å². The van der Waals surface area contributed by atoms with E-state index in [4.69, 9.17) is 4.52 Å². The summed E-state index contributed by atoms with van der Waals surface area (Å²) in [6.07, 6.45) is 0.384. The topological polar surface area (TPSA) is 114 Å². The van der Waals surface area contributed by atoms with Crippen LogP contribution in [0, 0.1) is 13.8 Å². The van der Waals surface area contributed by atoms with Crippen molar-refractivity contribution in [2.75, 3.05) is 6.54 Å². The third-order valence-corrected chi connectivity index (χ3v) is 3.36. The highest BCUT2D eigenvalue weighted by atomic mass is 16.5. The van der Waals surface area contributed by atoms with Gasteiger partial charge in [-0.2, -0.15) is 0 Å². The highest BCUT2D eigenvalue weighted by molar-refractivity contribution is 5.87. The summed E-state index contributed by atoms with van der Waals surface area (Å²) in [4.78, 5) is 25.6. The van der Waals surface area contributed by atoms with E-state index in [2.05, 4.69) is 25.1 Å². The predicted molar refractivity (Wildman–Crippen MR) is 72.8 cm³/mol. The van der Waals surface area contributed by atoms with E-state index >= 15 is 0 Å². The molecule has 0 aromatic carbocycles. The van der Waals surface area contributed by atoms with Crippen LogP contribution >= 0.6 is 0 Å². The summed E-state index contributed by atoms with van der Waals surface area (Å²) in [5.41, 5.74) is 0.731. The van der Waals surface area contributed by atoms with Crippen LogP contribution in [0.15, 0.2) is 13.8 Å². The van der Waals surface area contributed by atoms with Gasteiger partial charge in [-0.15, -0.1) is 0 Å². The molecule has 0 bridgehead atoms. The first-order chi connectivity index (χ1) is 9.82. The number of hydrogen-bond donors (Lipinski definition) is 2. The molecule has 0 aliphatic rings. The summed E-state index contributed by atoms with van der Waals surface area (Å²) in [6.45, 7) is 7.55. The van der Waals surface area contributed by atoms with E-state index in [-0.39, 0.29) is 5.91 Å². The van der Waals surface area contributed by atoms with E-state index in [9.17, 15) is 9.59 Å². The second-order valence-electron chi connectivity index (χ2n) is 5.37. The molecule has 0 aliphatic carbocycles. The van der Waals surface area contributed by atoms with Crippen molar-refractivity contribution in [2.24, 2.45) is 0 Å². The van der Waals surface area contributed by atoms with Gasteiger partial charge in [0.2, 0.25) is 5.91 Å². The highest BCUT2D eigenvalue weighted by Gasteiger charge is 2.35. The minimum absolute atomic E-state index is 0.150. The quantitative estimate of drug-likeness (QED) is 0.834. The first kappa shape index (κ1) is 15.0. The molecular formula is C13H18N4O4. The van der Waals surface area contributed by atoms with Gasteiger partial charge in [0.05, 0.1) is 11.1 Å². The van der Waals surface area contributed by atoms with Crippen molar-refractivity contribution in [1.29, 1.82) is 0 Å². The van der Waals surface area contributed by atoms with Crippen LogP contribution in [-0.4, -0.2) is 27.7 Å². The van der Waals surface area contributed by atoms with Crippen LogP contribution < -0.4 is 11.1 Å². The summed E-state index contributed by atoms with van der Waals surface area (Å²) < 4.78 is 9.50. The molecule has 2 aromatic heterocycles. The second kappa shape index (κ2) is 5.55. The van der Waals surface area contributed by atoms with Crippen LogP contribution in [0.25, 0.3) is 0 Å². The number of H-pyrrole nitrogens is 1. The van der Waals surface area contributed by atoms with Gasteiger partial charge in [-0.3, -0.25) is 14.3 Å². The number of aryl methyl sites for hydroxylation is 2. The van der Waals surface area contributed by atoms with Crippen LogP contribution in [0.3, 0.4) is 0 Å². The molecule has 0 saturated carbocycles. The summed E-state index contributed by atoms with van der Waals surface area (Å²) in [5, 5.41) is 10.2. The lowest BCUT2D eigenvalue weighted by Crippen LogP contribution is -2.41. The number of carbonyl (C=O) groups is 1. The molecule has 8 nitrogen and oxygen atoms in total. The van der Waals surface area contributed by atoms with Crippen molar-refractivity contribution in [3.05, 3.63) is 33.4 Å². The lowest BCUT2D eigenvalue weighted by Gasteiger charge is -2.23. The molecule has 8 heteroatoms. The van der Waals surface area contributed by atoms with E-state index in [1.54, 1.807) is 13.8 Å². The largest absolute Gasteiger partial charge is 0.438 e. The molecule has 0 radical (unpaired) electrons. The maximum Gasteiger partial charge on any atom is 0.438 e. The fourth-order valence-electron chi connectivity index (χ4n) is 2.37. The van der Waals surface area contributed by atoms with Crippen molar-refractivity contribution in [3.8, 4) is 0 Å². The van der Waals surface area contributed by atoms with Crippen LogP contribution in [0.1, 0.15) is 36.7 Å². The van der Waals surface area contributed by atoms with Crippen molar-refractivity contribution in [1.82, 2.24) is 20.6 Å². The van der Waals surface area contributed by atoms with Gasteiger partial charge >= 0.3 is 5.76 Å². The maximum absolute atomic E-state index is 12.4. The Balaban J connectivity index is 2.00. The minimum atomic E-state index is -0.759. The average Bonchev–Trinajstić information content (AvgIpc) is 2.96. The Kier molecular flexibility index (Phi) is 3.97. The van der Waals surface area contributed by atoms with Crippen molar-refractivity contribution in [2.45, 2.75) is 39.5 Å². The first-order valence-electron chi connectivity index (χ1n) is 6.59. The van der Waals surface area contributed by atoms with Gasteiger partial charge in [0, 0.05) is 18.5 Å². The zero-order chi connectivity index (χ0) is 15.6. The number of rotatable bonds is 5. The Morgan fingerprint density at radius 2 is 2.00 bits per heavy atom. The van der Waals surface area contributed by atoms with Gasteiger partial charge in [0.1, 0.15) is 5.76 Å². The summed E-state index contributed by atoms with van der Waals surface area (Å²) in [6, 6.07) is 0. The van der Waals surface area contributed by atoms with Crippen LogP contribution in [-0.2, 0) is 16.6 Å². The molecule has 0 aliphatic heterocycles. The normalized spacial score (nSPS) is 11.6.